The minimum Gasteiger partial charge on any atom is -0.494 e. The van der Waals surface area contributed by atoms with Gasteiger partial charge in [-0.25, -0.2) is 0 Å². The monoisotopic (exact) mass is 482 g/mol. The van der Waals surface area contributed by atoms with E-state index in [4.69, 9.17) is 12.2 Å². The smallest absolute Gasteiger partial charge is 0.260 e. The lowest BCUT2D eigenvalue weighted by molar-refractivity contribution is 0.252. The fourth-order valence-electron chi connectivity index (χ4n) is 4.34. The molecule has 0 aliphatic carbocycles. The van der Waals surface area contributed by atoms with Crippen LogP contribution in [-0.2, 0) is 6.42 Å². The third-order valence-electron chi connectivity index (χ3n) is 5.75. The second-order valence-corrected chi connectivity index (χ2v) is 8.81. The normalized spacial score (nSPS) is 16.7. The SMILES string of the molecule is CN1CCc2c([nH]c3ccccc23)C1c1c(O)n(-c2ccc(Br)cc2)c(=S)[nH]c1=O. The molecular formula is C22H19BrN4O2S. The van der Waals surface area contributed by atoms with E-state index in [-0.39, 0.29) is 21.8 Å². The lowest BCUT2D eigenvalue weighted by atomic mass is 9.94. The number of likely N-dealkylation sites (N-methyl/N-ethyl adjacent to an activating group) is 1. The van der Waals surface area contributed by atoms with Gasteiger partial charge in [-0.1, -0.05) is 34.1 Å². The minimum atomic E-state index is -0.415. The van der Waals surface area contributed by atoms with Crippen molar-refractivity contribution in [2.75, 3.05) is 13.6 Å². The zero-order valence-corrected chi connectivity index (χ0v) is 18.5. The number of nitrogens with one attached hydrogen (secondary N) is 2. The van der Waals surface area contributed by atoms with Crippen LogP contribution in [0.1, 0.15) is 22.9 Å². The summed E-state index contributed by atoms with van der Waals surface area (Å²) in [5.41, 5.74) is 3.72. The summed E-state index contributed by atoms with van der Waals surface area (Å²) in [4.78, 5) is 21.3. The number of benzene rings is 2. The molecule has 1 unspecified atom stereocenters. The number of H-pyrrole nitrogens is 2. The van der Waals surface area contributed by atoms with Crippen molar-refractivity contribution in [3.63, 3.8) is 0 Å². The highest BCUT2D eigenvalue weighted by Gasteiger charge is 2.34. The molecule has 3 heterocycles. The zero-order valence-electron chi connectivity index (χ0n) is 16.1. The van der Waals surface area contributed by atoms with Gasteiger partial charge in [-0.15, -0.1) is 0 Å². The van der Waals surface area contributed by atoms with Crippen molar-refractivity contribution < 1.29 is 5.11 Å². The Hall–Kier alpha value is -2.68. The molecule has 6 nitrogen and oxygen atoms in total. The molecule has 5 rings (SSSR count). The van der Waals surface area contributed by atoms with Crippen LogP contribution in [0.3, 0.4) is 0 Å². The molecule has 3 N–H and O–H groups in total. The Bertz CT molecular complexity index is 1390. The number of halogens is 1. The molecule has 1 aliphatic heterocycles. The molecule has 1 aliphatic rings. The molecule has 30 heavy (non-hydrogen) atoms. The van der Waals surface area contributed by atoms with Crippen LogP contribution in [0.4, 0.5) is 0 Å². The van der Waals surface area contributed by atoms with Gasteiger partial charge in [0.25, 0.3) is 5.56 Å². The van der Waals surface area contributed by atoms with Crippen LogP contribution in [0.25, 0.3) is 16.6 Å². The van der Waals surface area contributed by atoms with Gasteiger partial charge in [0.05, 0.1) is 11.7 Å². The minimum absolute atomic E-state index is 0.144. The van der Waals surface area contributed by atoms with Crippen molar-refractivity contribution in [1.82, 2.24) is 19.4 Å². The highest BCUT2D eigenvalue weighted by molar-refractivity contribution is 9.10. The maximum absolute atomic E-state index is 13.0. The summed E-state index contributed by atoms with van der Waals surface area (Å²) in [6.45, 7) is 0.770. The Balaban J connectivity index is 1.77. The standard InChI is InChI=1S/C22H19BrN4O2S/c1-26-11-10-15-14-4-2-3-5-16(14)24-18(15)19(26)17-20(28)25-22(30)27(21(17)29)13-8-6-12(23)7-9-13/h2-9,19,24,29H,10-11H2,1H3,(H,25,28,30). The predicted molar refractivity (Wildman–Crippen MR) is 123 cm³/mol. The highest BCUT2D eigenvalue weighted by Crippen LogP contribution is 2.39. The van der Waals surface area contributed by atoms with E-state index >= 15 is 0 Å². The van der Waals surface area contributed by atoms with Gasteiger partial charge < -0.3 is 10.1 Å². The van der Waals surface area contributed by atoms with Crippen LogP contribution < -0.4 is 5.56 Å². The van der Waals surface area contributed by atoms with Crippen LogP contribution >= 0.6 is 28.1 Å². The van der Waals surface area contributed by atoms with E-state index in [1.807, 2.05) is 49.5 Å². The van der Waals surface area contributed by atoms with E-state index in [2.05, 4.69) is 36.9 Å². The summed E-state index contributed by atoms with van der Waals surface area (Å²) in [5.74, 6) is -0.144. The van der Waals surface area contributed by atoms with Gasteiger partial charge in [-0.05, 0) is 61.6 Å². The lowest BCUT2D eigenvalue weighted by Gasteiger charge is -2.33. The molecule has 4 aromatic rings. The van der Waals surface area contributed by atoms with Gasteiger partial charge in [-0.3, -0.25) is 19.2 Å². The molecule has 0 bridgehead atoms. The average Bonchev–Trinajstić information content (AvgIpc) is 3.09. The molecule has 0 spiro atoms. The second kappa shape index (κ2) is 7.23. The van der Waals surface area contributed by atoms with Crippen LogP contribution in [0, 0.1) is 4.77 Å². The van der Waals surface area contributed by atoms with E-state index in [1.165, 1.54) is 10.1 Å². The van der Waals surface area contributed by atoms with E-state index in [0.717, 1.165) is 34.0 Å². The Labute approximate surface area is 185 Å². The number of aromatic nitrogens is 3. The first-order valence-electron chi connectivity index (χ1n) is 9.59. The lowest BCUT2D eigenvalue weighted by Crippen LogP contribution is -2.36. The zero-order chi connectivity index (χ0) is 21.0. The van der Waals surface area contributed by atoms with Gasteiger partial charge >= 0.3 is 0 Å². The third kappa shape index (κ3) is 2.94. The Kier molecular flexibility index (Phi) is 4.65. The fourth-order valence-corrected chi connectivity index (χ4v) is 4.89. The van der Waals surface area contributed by atoms with Crippen molar-refractivity contribution in [3.8, 4) is 11.6 Å². The molecular weight excluding hydrogens is 464 g/mol. The summed E-state index contributed by atoms with van der Waals surface area (Å²) in [6, 6.07) is 15.1. The van der Waals surface area contributed by atoms with Crippen LogP contribution in [0.5, 0.6) is 5.88 Å². The Morgan fingerprint density at radius 1 is 1.13 bits per heavy atom. The van der Waals surface area contributed by atoms with Gasteiger partial charge in [0.1, 0.15) is 5.56 Å². The van der Waals surface area contributed by atoms with Crippen molar-refractivity contribution in [1.29, 1.82) is 0 Å². The van der Waals surface area contributed by atoms with E-state index in [1.54, 1.807) is 0 Å². The summed E-state index contributed by atoms with van der Waals surface area (Å²) < 4.78 is 2.57. The molecule has 152 valence electrons. The molecule has 0 amide bonds. The fraction of sp³-hybridized carbons (Fsp3) is 0.182. The number of fused-ring (bicyclic) bond motifs is 3. The average molecular weight is 483 g/mol. The quantitative estimate of drug-likeness (QED) is 0.369. The molecule has 0 saturated heterocycles. The molecule has 0 saturated carbocycles. The number of nitrogens with zero attached hydrogens (tertiary/aromatic N) is 2. The Morgan fingerprint density at radius 3 is 2.63 bits per heavy atom. The summed E-state index contributed by atoms with van der Waals surface area (Å²) >= 11 is 8.80. The van der Waals surface area contributed by atoms with Crippen LogP contribution in [-0.4, -0.2) is 38.1 Å². The van der Waals surface area contributed by atoms with Gasteiger partial charge in [-0.2, -0.15) is 0 Å². The number of aromatic hydroxyl groups is 1. The number of para-hydroxylation sites is 1. The molecule has 2 aromatic carbocycles. The van der Waals surface area contributed by atoms with Crippen LogP contribution in [0.2, 0.25) is 0 Å². The largest absolute Gasteiger partial charge is 0.494 e. The predicted octanol–water partition coefficient (Wildman–Crippen LogP) is 4.42. The topological polar surface area (TPSA) is 77.1 Å². The van der Waals surface area contributed by atoms with Crippen LogP contribution in [0.15, 0.2) is 57.8 Å². The first-order chi connectivity index (χ1) is 14.5. The maximum atomic E-state index is 13.0. The Morgan fingerprint density at radius 2 is 1.87 bits per heavy atom. The molecule has 2 aromatic heterocycles. The van der Waals surface area contributed by atoms with E-state index in [0.29, 0.717) is 5.69 Å². The molecule has 0 radical (unpaired) electrons. The number of rotatable bonds is 2. The molecule has 0 fully saturated rings. The van der Waals surface area contributed by atoms with Gasteiger partial charge in [0.15, 0.2) is 4.77 Å². The second-order valence-electron chi connectivity index (χ2n) is 7.50. The summed E-state index contributed by atoms with van der Waals surface area (Å²) in [6.07, 6.45) is 0.872. The van der Waals surface area contributed by atoms with E-state index in [9.17, 15) is 9.90 Å². The van der Waals surface area contributed by atoms with Crippen molar-refractivity contribution in [2.45, 2.75) is 12.5 Å². The molecule has 8 heteroatoms. The first kappa shape index (κ1) is 19.3. The number of hydrogen-bond acceptors (Lipinski definition) is 4. The third-order valence-corrected chi connectivity index (χ3v) is 6.57. The van der Waals surface area contributed by atoms with Gasteiger partial charge in [0, 0.05) is 27.6 Å². The van der Waals surface area contributed by atoms with Crippen molar-refractivity contribution in [3.05, 3.63) is 84.9 Å². The van der Waals surface area contributed by atoms with Gasteiger partial charge in [0.2, 0.25) is 5.88 Å². The number of hydrogen-bond donors (Lipinski definition) is 3. The number of aromatic amines is 2. The van der Waals surface area contributed by atoms with Crippen molar-refractivity contribution >= 4 is 39.1 Å². The van der Waals surface area contributed by atoms with E-state index < -0.39 is 6.04 Å². The molecule has 1 atom stereocenters. The summed E-state index contributed by atoms with van der Waals surface area (Å²) in [7, 11) is 1.96. The highest BCUT2D eigenvalue weighted by atomic mass is 79.9. The maximum Gasteiger partial charge on any atom is 0.260 e. The van der Waals surface area contributed by atoms with Crippen molar-refractivity contribution in [2.24, 2.45) is 0 Å². The first-order valence-corrected chi connectivity index (χ1v) is 10.8. The summed E-state index contributed by atoms with van der Waals surface area (Å²) in [5, 5.41) is 12.4.